The van der Waals surface area contributed by atoms with E-state index in [1.54, 1.807) is 0 Å². The van der Waals surface area contributed by atoms with Gasteiger partial charge in [-0.05, 0) is 30.7 Å². The minimum atomic E-state index is 0.155. The number of hydrogen-bond donors (Lipinski definition) is 0. The number of benzene rings is 1. The molecule has 0 aromatic heterocycles. The van der Waals surface area contributed by atoms with E-state index < -0.39 is 0 Å². The Labute approximate surface area is 136 Å². The zero-order valence-corrected chi connectivity index (χ0v) is 13.5. The van der Waals surface area contributed by atoms with Gasteiger partial charge in [0.2, 0.25) is 5.91 Å². The lowest BCUT2D eigenvalue weighted by atomic mass is 10.1. The van der Waals surface area contributed by atoms with E-state index >= 15 is 0 Å². The van der Waals surface area contributed by atoms with E-state index in [1.807, 2.05) is 34.9 Å². The van der Waals surface area contributed by atoms with Gasteiger partial charge in [-0.3, -0.25) is 9.69 Å². The van der Waals surface area contributed by atoms with Crippen molar-refractivity contribution in [2.24, 2.45) is 5.92 Å². The largest absolute Gasteiger partial charge is 0.341 e. The van der Waals surface area contributed by atoms with Gasteiger partial charge in [-0.1, -0.05) is 12.1 Å². The molecule has 1 aromatic rings. The summed E-state index contributed by atoms with van der Waals surface area (Å²) >= 11 is 1.93. The summed E-state index contributed by atoms with van der Waals surface area (Å²) in [5, 5.41) is 8.97. The second-order valence-corrected chi connectivity index (χ2v) is 7.20. The highest BCUT2D eigenvalue weighted by atomic mass is 32.2. The quantitative estimate of drug-likeness (QED) is 0.855. The molecule has 1 atom stereocenters. The van der Waals surface area contributed by atoms with Crippen molar-refractivity contribution in [2.75, 3.05) is 37.7 Å². The lowest BCUT2D eigenvalue weighted by Gasteiger charge is -2.29. The van der Waals surface area contributed by atoms with Crippen molar-refractivity contribution < 1.29 is 4.79 Å². The Morgan fingerprint density at radius 2 is 2.14 bits per heavy atom. The third kappa shape index (κ3) is 3.63. The van der Waals surface area contributed by atoms with Crippen molar-refractivity contribution >= 4 is 17.7 Å². The molecule has 0 bridgehead atoms. The molecule has 2 aliphatic rings. The molecular formula is C17H21N3OS. The molecule has 3 rings (SSSR count). The Balaban J connectivity index is 1.55. The van der Waals surface area contributed by atoms with Crippen LogP contribution in [0.1, 0.15) is 17.5 Å². The molecule has 0 saturated carbocycles. The van der Waals surface area contributed by atoms with Crippen molar-refractivity contribution in [2.45, 2.75) is 13.0 Å². The maximum atomic E-state index is 12.5. The lowest BCUT2D eigenvalue weighted by Crippen LogP contribution is -2.42. The lowest BCUT2D eigenvalue weighted by molar-refractivity contribution is -0.134. The normalized spacial score (nSPS) is 22.5. The Bertz CT molecular complexity index is 578. The number of carbonyl (C=O) groups excluding carboxylic acids is 1. The molecule has 2 heterocycles. The van der Waals surface area contributed by atoms with Gasteiger partial charge in [0.05, 0.1) is 17.6 Å². The first-order chi connectivity index (χ1) is 10.8. The maximum absolute atomic E-state index is 12.5. The Morgan fingerprint density at radius 1 is 1.32 bits per heavy atom. The predicted molar refractivity (Wildman–Crippen MR) is 88.4 cm³/mol. The molecule has 2 aliphatic heterocycles. The molecule has 0 N–H and O–H groups in total. The van der Waals surface area contributed by atoms with Crippen molar-refractivity contribution in [1.82, 2.24) is 9.80 Å². The van der Waals surface area contributed by atoms with Gasteiger partial charge in [-0.15, -0.1) is 0 Å². The van der Waals surface area contributed by atoms with Gasteiger partial charge in [0, 0.05) is 37.7 Å². The first-order valence-electron chi connectivity index (χ1n) is 7.84. The van der Waals surface area contributed by atoms with Gasteiger partial charge in [-0.25, -0.2) is 0 Å². The molecule has 0 spiro atoms. The van der Waals surface area contributed by atoms with Crippen LogP contribution >= 0.6 is 11.8 Å². The summed E-state index contributed by atoms with van der Waals surface area (Å²) in [4.78, 5) is 16.9. The van der Waals surface area contributed by atoms with Gasteiger partial charge in [0.25, 0.3) is 0 Å². The number of hydrogen-bond acceptors (Lipinski definition) is 4. The summed E-state index contributed by atoms with van der Waals surface area (Å²) < 4.78 is 0. The highest BCUT2D eigenvalue weighted by Gasteiger charge is 2.31. The fraction of sp³-hybridized carbons (Fsp3) is 0.529. The average molecular weight is 315 g/mol. The van der Waals surface area contributed by atoms with Crippen LogP contribution in [0.25, 0.3) is 0 Å². The molecule has 1 unspecified atom stereocenters. The van der Waals surface area contributed by atoms with E-state index in [9.17, 15) is 4.79 Å². The van der Waals surface area contributed by atoms with Crippen molar-refractivity contribution in [3.8, 4) is 6.07 Å². The Hall–Kier alpha value is -1.51. The standard InChI is InChI=1S/C17H21N3OS/c18-11-14-2-1-3-15(10-14)12-19-5-4-16(13-19)17(21)20-6-8-22-9-7-20/h1-3,10,16H,4-9,12-13H2. The van der Waals surface area contributed by atoms with Gasteiger partial charge in [0.1, 0.15) is 0 Å². The number of carbonyl (C=O) groups is 1. The van der Waals surface area contributed by atoms with Gasteiger partial charge >= 0.3 is 0 Å². The number of amides is 1. The van der Waals surface area contributed by atoms with Crippen LogP contribution in [-0.4, -0.2) is 53.4 Å². The summed E-state index contributed by atoms with van der Waals surface area (Å²) in [6.07, 6.45) is 0.959. The molecule has 0 radical (unpaired) electrons. The van der Waals surface area contributed by atoms with Crippen LogP contribution in [0, 0.1) is 17.2 Å². The second kappa shape index (κ2) is 7.17. The van der Waals surface area contributed by atoms with E-state index in [0.29, 0.717) is 11.5 Å². The van der Waals surface area contributed by atoms with Gasteiger partial charge in [-0.2, -0.15) is 17.0 Å². The fourth-order valence-corrected chi connectivity index (χ4v) is 4.12. The van der Waals surface area contributed by atoms with Crippen LogP contribution in [0.15, 0.2) is 24.3 Å². The van der Waals surface area contributed by atoms with E-state index in [1.165, 1.54) is 0 Å². The third-order valence-corrected chi connectivity index (χ3v) is 5.35. The molecule has 116 valence electrons. The number of nitrogens with zero attached hydrogens (tertiary/aromatic N) is 3. The second-order valence-electron chi connectivity index (χ2n) is 5.97. The topological polar surface area (TPSA) is 47.3 Å². The number of thioether (sulfide) groups is 1. The van der Waals surface area contributed by atoms with Crippen LogP contribution in [0.3, 0.4) is 0 Å². The summed E-state index contributed by atoms with van der Waals surface area (Å²) in [6.45, 7) is 4.46. The van der Waals surface area contributed by atoms with Crippen LogP contribution in [0.4, 0.5) is 0 Å². The number of rotatable bonds is 3. The molecule has 2 fully saturated rings. The molecule has 1 aromatic carbocycles. The summed E-state index contributed by atoms with van der Waals surface area (Å²) in [5.41, 5.74) is 1.86. The number of nitriles is 1. The minimum absolute atomic E-state index is 0.155. The minimum Gasteiger partial charge on any atom is -0.341 e. The highest BCUT2D eigenvalue weighted by Crippen LogP contribution is 2.22. The molecule has 2 saturated heterocycles. The van der Waals surface area contributed by atoms with Gasteiger partial charge < -0.3 is 4.90 Å². The summed E-state index contributed by atoms with van der Waals surface area (Å²) in [6, 6.07) is 9.93. The molecule has 4 nitrogen and oxygen atoms in total. The van der Waals surface area contributed by atoms with Crippen molar-refractivity contribution in [3.63, 3.8) is 0 Å². The maximum Gasteiger partial charge on any atom is 0.227 e. The smallest absolute Gasteiger partial charge is 0.227 e. The predicted octanol–water partition coefficient (Wildman–Crippen LogP) is 1.96. The monoisotopic (exact) mass is 315 g/mol. The third-order valence-electron chi connectivity index (χ3n) is 4.41. The van der Waals surface area contributed by atoms with Gasteiger partial charge in [0.15, 0.2) is 0 Å². The van der Waals surface area contributed by atoms with Crippen LogP contribution in [0.2, 0.25) is 0 Å². The molecule has 1 amide bonds. The summed E-state index contributed by atoms with van der Waals surface area (Å²) in [5.74, 6) is 2.64. The molecule has 22 heavy (non-hydrogen) atoms. The molecule has 5 heteroatoms. The number of likely N-dealkylation sites (tertiary alicyclic amines) is 1. The van der Waals surface area contributed by atoms with Crippen LogP contribution < -0.4 is 0 Å². The highest BCUT2D eigenvalue weighted by molar-refractivity contribution is 7.99. The van der Waals surface area contributed by atoms with E-state index in [2.05, 4.69) is 17.0 Å². The zero-order chi connectivity index (χ0) is 15.4. The van der Waals surface area contributed by atoms with Crippen molar-refractivity contribution in [1.29, 1.82) is 5.26 Å². The molecule has 0 aliphatic carbocycles. The SMILES string of the molecule is N#Cc1cccc(CN2CCC(C(=O)N3CCSCC3)C2)c1. The Morgan fingerprint density at radius 3 is 2.91 bits per heavy atom. The summed E-state index contributed by atoms with van der Waals surface area (Å²) in [7, 11) is 0. The fourth-order valence-electron chi connectivity index (χ4n) is 3.22. The first kappa shape index (κ1) is 15.4. The van der Waals surface area contributed by atoms with E-state index in [0.717, 1.165) is 56.2 Å². The Kier molecular flexibility index (Phi) is 5.01. The van der Waals surface area contributed by atoms with E-state index in [4.69, 9.17) is 5.26 Å². The molecular weight excluding hydrogens is 294 g/mol. The van der Waals surface area contributed by atoms with Crippen LogP contribution in [0.5, 0.6) is 0 Å². The first-order valence-corrected chi connectivity index (χ1v) is 8.99. The zero-order valence-electron chi connectivity index (χ0n) is 12.7. The van der Waals surface area contributed by atoms with Crippen molar-refractivity contribution in [3.05, 3.63) is 35.4 Å². The average Bonchev–Trinajstić information content (AvgIpc) is 3.03. The van der Waals surface area contributed by atoms with Crippen LogP contribution in [-0.2, 0) is 11.3 Å². The van der Waals surface area contributed by atoms with E-state index in [-0.39, 0.29) is 5.92 Å².